The SMILES string of the molecule is C/C=C/C(=O)O[C@@H]1C[C@H](C)CC[C@H]1C(C)(C)c1ccccc1OC. The van der Waals surface area contributed by atoms with E-state index >= 15 is 0 Å². The zero-order valence-electron chi connectivity index (χ0n) is 15.5. The highest BCUT2D eigenvalue weighted by Gasteiger charge is 2.42. The lowest BCUT2D eigenvalue weighted by Crippen LogP contribution is -2.43. The van der Waals surface area contributed by atoms with Gasteiger partial charge in [-0.05, 0) is 37.2 Å². The first kappa shape index (κ1) is 18.6. The van der Waals surface area contributed by atoms with Crippen molar-refractivity contribution in [2.45, 2.75) is 58.5 Å². The summed E-state index contributed by atoms with van der Waals surface area (Å²) < 4.78 is 11.4. The van der Waals surface area contributed by atoms with Crippen molar-refractivity contribution in [1.82, 2.24) is 0 Å². The minimum absolute atomic E-state index is 0.0580. The summed E-state index contributed by atoms with van der Waals surface area (Å²) in [4.78, 5) is 12.0. The molecule has 1 saturated carbocycles. The Hall–Kier alpha value is -1.77. The third kappa shape index (κ3) is 4.00. The molecule has 24 heavy (non-hydrogen) atoms. The van der Waals surface area contributed by atoms with Crippen LogP contribution in [-0.4, -0.2) is 19.2 Å². The fraction of sp³-hybridized carbons (Fsp3) is 0.571. The van der Waals surface area contributed by atoms with Crippen LogP contribution in [0.4, 0.5) is 0 Å². The third-order valence-corrected chi connectivity index (χ3v) is 5.35. The van der Waals surface area contributed by atoms with Crippen molar-refractivity contribution in [3.8, 4) is 5.75 Å². The van der Waals surface area contributed by atoms with E-state index in [0.717, 1.165) is 18.6 Å². The molecular weight excluding hydrogens is 300 g/mol. The van der Waals surface area contributed by atoms with Gasteiger partial charge in [-0.25, -0.2) is 4.79 Å². The molecule has 3 atom stereocenters. The van der Waals surface area contributed by atoms with Gasteiger partial charge in [0.1, 0.15) is 11.9 Å². The Balaban J connectivity index is 2.32. The molecule has 0 bridgehead atoms. The lowest BCUT2D eigenvalue weighted by Gasteiger charge is -2.44. The highest BCUT2D eigenvalue weighted by atomic mass is 16.5. The molecule has 1 aromatic rings. The quantitative estimate of drug-likeness (QED) is 0.569. The lowest BCUT2D eigenvalue weighted by molar-refractivity contribution is -0.150. The van der Waals surface area contributed by atoms with E-state index in [1.165, 1.54) is 18.1 Å². The zero-order valence-corrected chi connectivity index (χ0v) is 15.5. The van der Waals surface area contributed by atoms with Gasteiger partial charge in [-0.3, -0.25) is 0 Å². The van der Waals surface area contributed by atoms with Gasteiger partial charge < -0.3 is 9.47 Å². The number of esters is 1. The number of hydrogen-bond donors (Lipinski definition) is 0. The van der Waals surface area contributed by atoms with Crippen LogP contribution in [0, 0.1) is 11.8 Å². The molecule has 1 aliphatic rings. The van der Waals surface area contributed by atoms with Crippen molar-refractivity contribution >= 4 is 5.97 Å². The average molecular weight is 330 g/mol. The Labute approximate surface area is 146 Å². The Bertz CT molecular complexity index is 589. The monoisotopic (exact) mass is 330 g/mol. The minimum Gasteiger partial charge on any atom is -0.496 e. The summed E-state index contributed by atoms with van der Waals surface area (Å²) in [6.07, 6.45) is 6.33. The number of hydrogen-bond acceptors (Lipinski definition) is 3. The molecule has 3 nitrogen and oxygen atoms in total. The highest BCUT2D eigenvalue weighted by Crippen LogP contribution is 2.46. The van der Waals surface area contributed by atoms with Gasteiger partial charge in [0.15, 0.2) is 0 Å². The van der Waals surface area contributed by atoms with Crippen LogP contribution in [0.2, 0.25) is 0 Å². The fourth-order valence-electron chi connectivity index (χ4n) is 3.99. The maximum atomic E-state index is 12.0. The van der Waals surface area contributed by atoms with E-state index in [4.69, 9.17) is 9.47 Å². The molecule has 0 N–H and O–H groups in total. The predicted octanol–water partition coefficient (Wildman–Crippen LogP) is 4.90. The number of carbonyl (C=O) groups is 1. The maximum Gasteiger partial charge on any atom is 0.330 e. The molecule has 0 radical (unpaired) electrons. The van der Waals surface area contributed by atoms with Crippen LogP contribution in [0.1, 0.15) is 52.5 Å². The predicted molar refractivity (Wildman–Crippen MR) is 97.2 cm³/mol. The van der Waals surface area contributed by atoms with E-state index in [-0.39, 0.29) is 23.4 Å². The van der Waals surface area contributed by atoms with Crippen molar-refractivity contribution in [2.75, 3.05) is 7.11 Å². The first-order valence-corrected chi connectivity index (χ1v) is 8.87. The molecular formula is C21H30O3. The summed E-state index contributed by atoms with van der Waals surface area (Å²) in [6, 6.07) is 8.17. The van der Waals surface area contributed by atoms with Crippen LogP contribution in [0.15, 0.2) is 36.4 Å². The van der Waals surface area contributed by atoms with Gasteiger partial charge in [0.2, 0.25) is 0 Å². The molecule has 0 unspecified atom stereocenters. The van der Waals surface area contributed by atoms with Gasteiger partial charge in [0.05, 0.1) is 7.11 Å². The summed E-state index contributed by atoms with van der Waals surface area (Å²) in [5.74, 6) is 1.52. The van der Waals surface area contributed by atoms with E-state index in [1.807, 2.05) is 25.1 Å². The second-order valence-corrected chi connectivity index (χ2v) is 7.42. The summed E-state index contributed by atoms with van der Waals surface area (Å²) in [6.45, 7) is 8.55. The molecule has 0 spiro atoms. The van der Waals surface area contributed by atoms with E-state index in [1.54, 1.807) is 13.2 Å². The van der Waals surface area contributed by atoms with Gasteiger partial charge >= 0.3 is 5.97 Å². The van der Waals surface area contributed by atoms with Gasteiger partial charge in [-0.1, -0.05) is 51.5 Å². The van der Waals surface area contributed by atoms with E-state index in [2.05, 4.69) is 26.8 Å². The number of allylic oxidation sites excluding steroid dienone is 1. The topological polar surface area (TPSA) is 35.5 Å². The average Bonchev–Trinajstić information content (AvgIpc) is 2.54. The van der Waals surface area contributed by atoms with Crippen LogP contribution >= 0.6 is 0 Å². The zero-order chi connectivity index (χ0) is 17.7. The minimum atomic E-state index is -0.238. The van der Waals surface area contributed by atoms with E-state index in [0.29, 0.717) is 5.92 Å². The Morgan fingerprint density at radius 1 is 1.25 bits per heavy atom. The van der Waals surface area contributed by atoms with Crippen LogP contribution in [0.25, 0.3) is 0 Å². The van der Waals surface area contributed by atoms with E-state index in [9.17, 15) is 4.79 Å². The molecule has 0 saturated heterocycles. The number of para-hydroxylation sites is 1. The van der Waals surface area contributed by atoms with Crippen LogP contribution in [0.3, 0.4) is 0 Å². The van der Waals surface area contributed by atoms with Gasteiger partial charge in [-0.15, -0.1) is 0 Å². The highest BCUT2D eigenvalue weighted by molar-refractivity contribution is 5.82. The molecule has 1 fully saturated rings. The van der Waals surface area contributed by atoms with E-state index < -0.39 is 0 Å². The lowest BCUT2D eigenvalue weighted by atomic mass is 9.64. The molecule has 132 valence electrons. The number of carbonyl (C=O) groups excluding carboxylic acids is 1. The summed E-state index contributed by atoms with van der Waals surface area (Å²) in [5, 5.41) is 0. The summed E-state index contributed by atoms with van der Waals surface area (Å²) in [7, 11) is 1.71. The molecule has 1 aromatic carbocycles. The molecule has 0 aromatic heterocycles. The Morgan fingerprint density at radius 2 is 1.96 bits per heavy atom. The number of ether oxygens (including phenoxy) is 2. The second kappa shape index (κ2) is 7.87. The Kier molecular flexibility index (Phi) is 6.09. The fourth-order valence-corrected chi connectivity index (χ4v) is 3.99. The molecule has 3 heteroatoms. The molecule has 0 heterocycles. The van der Waals surface area contributed by atoms with Gasteiger partial charge in [0.25, 0.3) is 0 Å². The smallest absolute Gasteiger partial charge is 0.330 e. The van der Waals surface area contributed by atoms with Crippen LogP contribution in [-0.2, 0) is 14.9 Å². The van der Waals surface area contributed by atoms with Crippen molar-refractivity contribution in [1.29, 1.82) is 0 Å². The number of methoxy groups -OCH3 is 1. The van der Waals surface area contributed by atoms with Gasteiger partial charge in [-0.2, -0.15) is 0 Å². The molecule has 2 rings (SSSR count). The van der Waals surface area contributed by atoms with Crippen molar-refractivity contribution < 1.29 is 14.3 Å². The Morgan fingerprint density at radius 3 is 2.62 bits per heavy atom. The van der Waals surface area contributed by atoms with Crippen molar-refractivity contribution in [2.24, 2.45) is 11.8 Å². The number of benzene rings is 1. The van der Waals surface area contributed by atoms with Crippen molar-refractivity contribution in [3.63, 3.8) is 0 Å². The van der Waals surface area contributed by atoms with Crippen LogP contribution < -0.4 is 4.74 Å². The summed E-state index contributed by atoms with van der Waals surface area (Å²) in [5.41, 5.74) is 1.05. The largest absolute Gasteiger partial charge is 0.496 e. The first-order valence-electron chi connectivity index (χ1n) is 8.87. The maximum absolute atomic E-state index is 12.0. The molecule has 1 aliphatic carbocycles. The van der Waals surface area contributed by atoms with Gasteiger partial charge in [0, 0.05) is 17.6 Å². The third-order valence-electron chi connectivity index (χ3n) is 5.35. The number of rotatable bonds is 5. The molecule has 0 aliphatic heterocycles. The van der Waals surface area contributed by atoms with Crippen LogP contribution in [0.5, 0.6) is 5.75 Å². The normalized spacial score (nSPS) is 24.8. The second-order valence-electron chi connectivity index (χ2n) is 7.42. The van der Waals surface area contributed by atoms with Crippen molar-refractivity contribution in [3.05, 3.63) is 42.0 Å². The first-order chi connectivity index (χ1) is 11.4. The molecule has 0 amide bonds. The summed E-state index contributed by atoms with van der Waals surface area (Å²) >= 11 is 0. The standard InChI is InChI=1S/C21H30O3/c1-6-9-20(22)24-19-14-15(2)12-13-17(19)21(3,4)16-10-7-8-11-18(16)23-5/h6-11,15,17,19H,12-14H2,1-5H3/b9-6+/t15-,17-,19-/m1/s1.